The molecule has 0 aromatic carbocycles. The Morgan fingerprint density at radius 1 is 1.55 bits per heavy atom. The van der Waals surface area contributed by atoms with Crippen LogP contribution in [0.2, 0.25) is 0 Å². The lowest BCUT2D eigenvalue weighted by Crippen LogP contribution is -2.49. The van der Waals surface area contributed by atoms with E-state index >= 15 is 0 Å². The highest BCUT2D eigenvalue weighted by Crippen LogP contribution is 2.32. The first-order valence-electron chi connectivity index (χ1n) is 7.09. The van der Waals surface area contributed by atoms with E-state index in [4.69, 9.17) is 0 Å². The van der Waals surface area contributed by atoms with Crippen molar-refractivity contribution in [3.63, 3.8) is 0 Å². The first-order chi connectivity index (χ1) is 9.57. The molecule has 110 valence electrons. The molecule has 1 fully saturated rings. The Kier molecular flexibility index (Phi) is 4.73. The van der Waals surface area contributed by atoms with E-state index < -0.39 is 11.5 Å². The monoisotopic (exact) mass is 277 g/mol. The van der Waals surface area contributed by atoms with Crippen molar-refractivity contribution in [3.05, 3.63) is 30.1 Å². The fourth-order valence-electron chi connectivity index (χ4n) is 2.96. The first kappa shape index (κ1) is 14.9. The summed E-state index contributed by atoms with van der Waals surface area (Å²) in [6.45, 7) is 0.939. The molecule has 1 aliphatic carbocycles. The van der Waals surface area contributed by atoms with E-state index in [1.54, 1.807) is 19.4 Å². The number of pyridine rings is 1. The number of carbonyl (C=O) groups is 1. The number of nitrogens with one attached hydrogen (secondary N) is 1. The molecular weight excluding hydrogens is 254 g/mol. The molecule has 2 unspecified atom stereocenters. The van der Waals surface area contributed by atoms with Crippen LogP contribution in [0.3, 0.4) is 0 Å². The second-order valence-corrected chi connectivity index (χ2v) is 5.62. The van der Waals surface area contributed by atoms with Gasteiger partial charge < -0.3 is 15.3 Å². The summed E-state index contributed by atoms with van der Waals surface area (Å²) in [5.74, 6) is -0.731. The smallest absolute Gasteiger partial charge is 0.323 e. The third kappa shape index (κ3) is 3.16. The van der Waals surface area contributed by atoms with Crippen LogP contribution in [-0.2, 0) is 11.2 Å². The molecule has 1 saturated carbocycles. The number of nitrogens with zero attached hydrogens (tertiary/aromatic N) is 2. The average molecular weight is 277 g/mol. The molecule has 1 aliphatic rings. The Bertz CT molecular complexity index is 452. The van der Waals surface area contributed by atoms with Gasteiger partial charge in [0, 0.05) is 25.0 Å². The van der Waals surface area contributed by atoms with Gasteiger partial charge in [0.2, 0.25) is 0 Å². The predicted octanol–water partition coefficient (Wildman–Crippen LogP) is 1.15. The maximum atomic E-state index is 11.4. The summed E-state index contributed by atoms with van der Waals surface area (Å²) in [7, 11) is 3.83. The van der Waals surface area contributed by atoms with Crippen LogP contribution in [0.25, 0.3) is 0 Å². The fourth-order valence-corrected chi connectivity index (χ4v) is 2.96. The predicted molar refractivity (Wildman–Crippen MR) is 77.6 cm³/mol. The molecule has 2 atom stereocenters. The van der Waals surface area contributed by atoms with Crippen LogP contribution in [0.5, 0.6) is 0 Å². The molecule has 0 radical (unpaired) electrons. The van der Waals surface area contributed by atoms with Crippen LogP contribution >= 0.6 is 0 Å². The van der Waals surface area contributed by atoms with Crippen molar-refractivity contribution in [1.29, 1.82) is 0 Å². The van der Waals surface area contributed by atoms with Crippen LogP contribution in [0, 0.1) is 0 Å². The van der Waals surface area contributed by atoms with Crippen molar-refractivity contribution in [3.8, 4) is 0 Å². The number of rotatable bonds is 6. The Morgan fingerprint density at radius 2 is 2.25 bits per heavy atom. The molecular formula is C15H23N3O2. The molecule has 0 saturated heterocycles. The second-order valence-electron chi connectivity index (χ2n) is 5.62. The van der Waals surface area contributed by atoms with Gasteiger partial charge in [0.1, 0.15) is 5.54 Å². The van der Waals surface area contributed by atoms with Crippen molar-refractivity contribution in [2.75, 3.05) is 20.6 Å². The van der Waals surface area contributed by atoms with Gasteiger partial charge in [-0.05, 0) is 57.5 Å². The number of hydrogen-bond acceptors (Lipinski definition) is 4. The minimum Gasteiger partial charge on any atom is -0.480 e. The van der Waals surface area contributed by atoms with Crippen LogP contribution in [0.1, 0.15) is 24.8 Å². The van der Waals surface area contributed by atoms with Crippen molar-refractivity contribution in [2.45, 2.75) is 37.3 Å². The van der Waals surface area contributed by atoms with Crippen LogP contribution in [0.4, 0.5) is 0 Å². The van der Waals surface area contributed by atoms with E-state index in [1.165, 1.54) is 5.56 Å². The highest BCUT2D eigenvalue weighted by molar-refractivity contribution is 5.79. The van der Waals surface area contributed by atoms with Crippen LogP contribution in [0.15, 0.2) is 24.5 Å². The zero-order chi connectivity index (χ0) is 14.6. The molecule has 0 spiro atoms. The molecule has 0 amide bonds. The number of carboxylic acid groups (broad SMARTS) is 1. The van der Waals surface area contributed by atoms with E-state index in [2.05, 4.69) is 22.2 Å². The molecule has 5 heteroatoms. The zero-order valence-corrected chi connectivity index (χ0v) is 12.2. The largest absolute Gasteiger partial charge is 0.480 e. The van der Waals surface area contributed by atoms with Crippen molar-refractivity contribution in [2.24, 2.45) is 0 Å². The lowest BCUT2D eigenvalue weighted by molar-refractivity contribution is -0.144. The van der Waals surface area contributed by atoms with Gasteiger partial charge in [0.25, 0.3) is 0 Å². The summed E-state index contributed by atoms with van der Waals surface area (Å²) in [5.41, 5.74) is 0.526. The molecule has 1 heterocycles. The quantitative estimate of drug-likeness (QED) is 0.816. The molecule has 2 N–H and O–H groups in total. The average Bonchev–Trinajstić information content (AvgIpc) is 2.92. The normalized spacial score (nSPS) is 26.1. The molecule has 5 nitrogen and oxygen atoms in total. The van der Waals surface area contributed by atoms with Crippen molar-refractivity contribution < 1.29 is 9.90 Å². The summed E-state index contributed by atoms with van der Waals surface area (Å²) >= 11 is 0. The van der Waals surface area contributed by atoms with Gasteiger partial charge in [-0.2, -0.15) is 0 Å². The summed E-state index contributed by atoms with van der Waals surface area (Å²) in [6.07, 6.45) is 6.88. The Labute approximate surface area is 120 Å². The lowest BCUT2D eigenvalue weighted by Gasteiger charge is -2.27. The van der Waals surface area contributed by atoms with E-state index in [1.807, 2.05) is 12.1 Å². The third-order valence-electron chi connectivity index (χ3n) is 4.50. The summed E-state index contributed by atoms with van der Waals surface area (Å²) < 4.78 is 0. The number of carboxylic acids is 1. The molecule has 20 heavy (non-hydrogen) atoms. The molecule has 0 bridgehead atoms. The number of aliphatic carboxylic acids is 1. The minimum absolute atomic E-state index is 0.334. The molecule has 1 aromatic rings. The number of hydrogen-bond donors (Lipinski definition) is 2. The van der Waals surface area contributed by atoms with E-state index in [0.29, 0.717) is 18.9 Å². The summed E-state index contributed by atoms with van der Waals surface area (Å²) in [4.78, 5) is 17.7. The maximum absolute atomic E-state index is 11.4. The lowest BCUT2D eigenvalue weighted by atomic mass is 9.98. The van der Waals surface area contributed by atoms with Crippen LogP contribution < -0.4 is 5.32 Å². The molecule has 0 aliphatic heterocycles. The third-order valence-corrected chi connectivity index (χ3v) is 4.50. The maximum Gasteiger partial charge on any atom is 0.323 e. The van der Waals surface area contributed by atoms with Crippen LogP contribution in [-0.4, -0.2) is 53.2 Å². The zero-order valence-electron chi connectivity index (χ0n) is 12.2. The highest BCUT2D eigenvalue weighted by Gasteiger charge is 2.45. The second kappa shape index (κ2) is 6.33. The topological polar surface area (TPSA) is 65.5 Å². The van der Waals surface area contributed by atoms with E-state index in [9.17, 15) is 9.90 Å². The standard InChI is InChI=1S/C15H23N3O2/c1-16-15(14(19)20)7-3-13(11-15)18(2)10-6-12-4-8-17-9-5-12/h4-5,8-9,13,16H,3,6-7,10-11H2,1-2H3,(H,19,20). The molecule has 2 rings (SSSR count). The van der Waals surface area contributed by atoms with Gasteiger partial charge in [-0.3, -0.25) is 9.78 Å². The van der Waals surface area contributed by atoms with Gasteiger partial charge >= 0.3 is 5.97 Å². The first-order valence-corrected chi connectivity index (χ1v) is 7.09. The number of likely N-dealkylation sites (N-methyl/N-ethyl adjacent to an activating group) is 2. The van der Waals surface area contributed by atoms with Gasteiger partial charge in [0.05, 0.1) is 0 Å². The van der Waals surface area contributed by atoms with Crippen molar-refractivity contribution in [1.82, 2.24) is 15.2 Å². The highest BCUT2D eigenvalue weighted by atomic mass is 16.4. The Balaban J connectivity index is 1.88. The van der Waals surface area contributed by atoms with Gasteiger partial charge in [-0.1, -0.05) is 0 Å². The summed E-state index contributed by atoms with van der Waals surface area (Å²) in [6, 6.07) is 4.38. The van der Waals surface area contributed by atoms with Gasteiger partial charge in [-0.25, -0.2) is 0 Å². The fraction of sp³-hybridized carbons (Fsp3) is 0.600. The number of aromatic nitrogens is 1. The Morgan fingerprint density at radius 3 is 2.80 bits per heavy atom. The van der Waals surface area contributed by atoms with Crippen molar-refractivity contribution >= 4 is 5.97 Å². The minimum atomic E-state index is -0.740. The molecule has 1 aromatic heterocycles. The van der Waals surface area contributed by atoms with Gasteiger partial charge in [0.15, 0.2) is 0 Å². The van der Waals surface area contributed by atoms with E-state index in [-0.39, 0.29) is 0 Å². The van der Waals surface area contributed by atoms with E-state index in [0.717, 1.165) is 19.4 Å². The SMILES string of the molecule is CNC1(C(=O)O)CCC(N(C)CCc2ccncc2)C1. The Hall–Kier alpha value is -1.46. The summed E-state index contributed by atoms with van der Waals surface area (Å²) in [5, 5.41) is 12.4. The van der Waals surface area contributed by atoms with Gasteiger partial charge in [-0.15, -0.1) is 0 Å².